The van der Waals surface area contributed by atoms with Crippen molar-refractivity contribution in [2.45, 2.75) is 0 Å². The highest BCUT2D eigenvalue weighted by molar-refractivity contribution is 6.34. The first kappa shape index (κ1) is 11.8. The highest BCUT2D eigenvalue weighted by Gasteiger charge is 2.10. The Labute approximate surface area is 108 Å². The van der Waals surface area contributed by atoms with Gasteiger partial charge in [0.2, 0.25) is 0 Å². The van der Waals surface area contributed by atoms with Crippen LogP contribution in [0.1, 0.15) is 10.4 Å². The predicted molar refractivity (Wildman–Crippen MR) is 66.4 cm³/mol. The zero-order valence-corrected chi connectivity index (χ0v) is 10.0. The molecular formula is C11H7Cl2N3O. The number of pyridine rings is 2. The van der Waals surface area contributed by atoms with Crippen molar-refractivity contribution in [2.24, 2.45) is 0 Å². The van der Waals surface area contributed by atoms with Gasteiger partial charge >= 0.3 is 0 Å². The number of nitrogens with zero attached hydrogens (tertiary/aromatic N) is 2. The molecule has 0 saturated carbocycles. The minimum Gasteiger partial charge on any atom is -0.320 e. The molecule has 0 spiro atoms. The maximum Gasteiger partial charge on any atom is 0.258 e. The summed E-state index contributed by atoms with van der Waals surface area (Å²) in [5.74, 6) is -0.341. The summed E-state index contributed by atoms with van der Waals surface area (Å²) in [4.78, 5) is 19.5. The highest BCUT2D eigenvalue weighted by atomic mass is 35.5. The maximum atomic E-state index is 11.8. The van der Waals surface area contributed by atoms with Crippen molar-refractivity contribution in [1.82, 2.24) is 9.97 Å². The van der Waals surface area contributed by atoms with E-state index in [-0.39, 0.29) is 5.91 Å². The molecule has 2 aromatic heterocycles. The van der Waals surface area contributed by atoms with E-state index in [2.05, 4.69) is 15.3 Å². The number of rotatable bonds is 2. The third kappa shape index (κ3) is 2.93. The second-order valence-electron chi connectivity index (χ2n) is 3.18. The average Bonchev–Trinajstić information content (AvgIpc) is 2.32. The van der Waals surface area contributed by atoms with Gasteiger partial charge in [0.25, 0.3) is 5.91 Å². The number of nitrogens with one attached hydrogen (secondary N) is 1. The molecular weight excluding hydrogens is 261 g/mol. The van der Waals surface area contributed by atoms with Crippen LogP contribution in [0.15, 0.2) is 36.8 Å². The first-order valence-corrected chi connectivity index (χ1v) is 5.45. The predicted octanol–water partition coefficient (Wildman–Crippen LogP) is 3.04. The Morgan fingerprint density at radius 3 is 2.65 bits per heavy atom. The van der Waals surface area contributed by atoms with Crippen LogP contribution in [0, 0.1) is 0 Å². The van der Waals surface area contributed by atoms with Gasteiger partial charge in [-0.1, -0.05) is 23.2 Å². The van der Waals surface area contributed by atoms with Crippen molar-refractivity contribution in [3.05, 3.63) is 52.5 Å². The van der Waals surface area contributed by atoms with E-state index in [4.69, 9.17) is 23.2 Å². The van der Waals surface area contributed by atoms with Gasteiger partial charge in [0.1, 0.15) is 5.15 Å². The molecule has 2 rings (SSSR count). The summed E-state index contributed by atoms with van der Waals surface area (Å²) in [6.45, 7) is 0. The van der Waals surface area contributed by atoms with E-state index in [0.29, 0.717) is 21.4 Å². The van der Waals surface area contributed by atoms with Crippen LogP contribution in [0.25, 0.3) is 0 Å². The van der Waals surface area contributed by atoms with Crippen LogP contribution in [-0.4, -0.2) is 15.9 Å². The van der Waals surface area contributed by atoms with Crippen molar-refractivity contribution < 1.29 is 4.79 Å². The summed E-state index contributed by atoms with van der Waals surface area (Å²) >= 11 is 11.5. The first-order valence-electron chi connectivity index (χ1n) is 4.69. The summed E-state index contributed by atoms with van der Waals surface area (Å²) in [5, 5.41) is 3.35. The standard InChI is InChI=1S/C11H7Cl2N3O/c12-9-3-4-14-6-8(9)11(17)16-7-1-2-10(13)15-5-7/h1-6H,(H,16,17). The molecule has 0 atom stereocenters. The molecule has 0 aliphatic heterocycles. The summed E-state index contributed by atoms with van der Waals surface area (Å²) in [5.41, 5.74) is 0.850. The Kier molecular flexibility index (Phi) is 3.56. The Balaban J connectivity index is 2.17. The lowest BCUT2D eigenvalue weighted by Gasteiger charge is -2.05. The van der Waals surface area contributed by atoms with E-state index >= 15 is 0 Å². The molecule has 86 valence electrons. The molecule has 2 aromatic rings. The van der Waals surface area contributed by atoms with E-state index < -0.39 is 0 Å². The number of carbonyl (C=O) groups is 1. The van der Waals surface area contributed by atoms with Crippen molar-refractivity contribution in [2.75, 3.05) is 5.32 Å². The van der Waals surface area contributed by atoms with E-state index in [1.54, 1.807) is 18.2 Å². The van der Waals surface area contributed by atoms with E-state index in [1.165, 1.54) is 18.6 Å². The number of carbonyl (C=O) groups excluding carboxylic acids is 1. The normalized spacial score (nSPS) is 10.0. The van der Waals surface area contributed by atoms with E-state index in [9.17, 15) is 4.79 Å². The van der Waals surface area contributed by atoms with E-state index in [0.717, 1.165) is 0 Å². The van der Waals surface area contributed by atoms with Crippen LogP contribution in [0.2, 0.25) is 10.2 Å². The van der Waals surface area contributed by atoms with Gasteiger partial charge in [-0.15, -0.1) is 0 Å². The Hall–Kier alpha value is -1.65. The number of hydrogen-bond acceptors (Lipinski definition) is 3. The second kappa shape index (κ2) is 5.12. The van der Waals surface area contributed by atoms with Crippen LogP contribution in [0.3, 0.4) is 0 Å². The monoisotopic (exact) mass is 267 g/mol. The van der Waals surface area contributed by atoms with Gasteiger partial charge in [0.15, 0.2) is 0 Å². The molecule has 0 saturated heterocycles. The lowest BCUT2D eigenvalue weighted by Crippen LogP contribution is -2.12. The second-order valence-corrected chi connectivity index (χ2v) is 3.97. The molecule has 6 heteroatoms. The minimum atomic E-state index is -0.341. The fourth-order valence-corrected chi connectivity index (χ4v) is 1.50. The average molecular weight is 268 g/mol. The number of amides is 1. The molecule has 0 aliphatic carbocycles. The van der Waals surface area contributed by atoms with Gasteiger partial charge < -0.3 is 5.32 Å². The van der Waals surface area contributed by atoms with Gasteiger partial charge in [-0.05, 0) is 18.2 Å². The largest absolute Gasteiger partial charge is 0.320 e. The van der Waals surface area contributed by atoms with Gasteiger partial charge in [-0.2, -0.15) is 0 Å². The van der Waals surface area contributed by atoms with Crippen molar-refractivity contribution >= 4 is 34.8 Å². The van der Waals surface area contributed by atoms with Crippen molar-refractivity contribution in [3.8, 4) is 0 Å². The molecule has 0 unspecified atom stereocenters. The summed E-state index contributed by atoms with van der Waals surface area (Å²) < 4.78 is 0. The Bertz CT molecular complexity index is 543. The van der Waals surface area contributed by atoms with Crippen molar-refractivity contribution in [3.63, 3.8) is 0 Å². The zero-order valence-electron chi connectivity index (χ0n) is 8.52. The smallest absolute Gasteiger partial charge is 0.258 e. The molecule has 0 bridgehead atoms. The topological polar surface area (TPSA) is 54.9 Å². The lowest BCUT2D eigenvalue weighted by atomic mass is 10.2. The summed E-state index contributed by atoms with van der Waals surface area (Å²) in [6, 6.07) is 4.79. The van der Waals surface area contributed by atoms with Crippen LogP contribution in [0.4, 0.5) is 5.69 Å². The van der Waals surface area contributed by atoms with Crippen LogP contribution < -0.4 is 5.32 Å². The van der Waals surface area contributed by atoms with Crippen LogP contribution in [-0.2, 0) is 0 Å². The SMILES string of the molecule is O=C(Nc1ccc(Cl)nc1)c1cnccc1Cl. The number of anilines is 1. The lowest BCUT2D eigenvalue weighted by molar-refractivity contribution is 0.102. The van der Waals surface area contributed by atoms with Crippen molar-refractivity contribution in [1.29, 1.82) is 0 Å². The molecule has 17 heavy (non-hydrogen) atoms. The third-order valence-corrected chi connectivity index (χ3v) is 2.55. The molecule has 0 aromatic carbocycles. The fraction of sp³-hybridized carbons (Fsp3) is 0. The van der Waals surface area contributed by atoms with Gasteiger partial charge in [0, 0.05) is 12.4 Å². The summed E-state index contributed by atoms with van der Waals surface area (Å²) in [6.07, 6.45) is 4.38. The molecule has 1 N–H and O–H groups in total. The fourth-order valence-electron chi connectivity index (χ4n) is 1.19. The highest BCUT2D eigenvalue weighted by Crippen LogP contribution is 2.16. The number of halogens is 2. The molecule has 1 amide bonds. The van der Waals surface area contributed by atoms with E-state index in [1.807, 2.05) is 0 Å². The maximum absolute atomic E-state index is 11.8. The molecule has 0 fully saturated rings. The van der Waals surface area contributed by atoms with Gasteiger partial charge in [0.05, 0.1) is 22.5 Å². The quantitative estimate of drug-likeness (QED) is 0.851. The third-order valence-electron chi connectivity index (χ3n) is 2.00. The Morgan fingerprint density at radius 1 is 1.18 bits per heavy atom. The molecule has 0 aliphatic rings. The Morgan fingerprint density at radius 2 is 2.00 bits per heavy atom. The van der Waals surface area contributed by atoms with Crippen LogP contribution >= 0.6 is 23.2 Å². The van der Waals surface area contributed by atoms with Crippen LogP contribution in [0.5, 0.6) is 0 Å². The summed E-state index contributed by atoms with van der Waals surface area (Å²) in [7, 11) is 0. The zero-order chi connectivity index (χ0) is 12.3. The number of hydrogen-bond donors (Lipinski definition) is 1. The van der Waals surface area contributed by atoms with Gasteiger partial charge in [-0.25, -0.2) is 4.98 Å². The molecule has 2 heterocycles. The number of aromatic nitrogens is 2. The molecule has 4 nitrogen and oxygen atoms in total. The minimum absolute atomic E-state index is 0.309. The first-order chi connectivity index (χ1) is 8.16. The van der Waals surface area contributed by atoms with Gasteiger partial charge in [-0.3, -0.25) is 9.78 Å². The molecule has 0 radical (unpaired) electrons.